The van der Waals surface area contributed by atoms with Crippen LogP contribution in [0.3, 0.4) is 0 Å². The SMILES string of the molecule is O=C(O)CCN1CCC2(CC1)COc1cc(C=C(c3ccccc3)C(F)(F)F)ccc12. The maximum absolute atomic E-state index is 13.7. The van der Waals surface area contributed by atoms with Gasteiger partial charge in [0.25, 0.3) is 0 Å². The minimum absolute atomic E-state index is 0.124. The molecule has 0 bridgehead atoms. The quantitative estimate of drug-likeness (QED) is 0.678. The summed E-state index contributed by atoms with van der Waals surface area (Å²) >= 11 is 0. The fourth-order valence-corrected chi connectivity index (χ4v) is 4.47. The van der Waals surface area contributed by atoms with Gasteiger partial charge >= 0.3 is 12.1 Å². The van der Waals surface area contributed by atoms with Gasteiger partial charge in [0.15, 0.2) is 0 Å². The largest absolute Gasteiger partial charge is 0.492 e. The first kappa shape index (κ1) is 21.4. The number of halogens is 3. The Hall–Kier alpha value is -2.80. The van der Waals surface area contributed by atoms with Crippen molar-refractivity contribution in [2.24, 2.45) is 0 Å². The first-order chi connectivity index (χ1) is 14.8. The van der Waals surface area contributed by atoms with Crippen molar-refractivity contribution in [2.75, 3.05) is 26.2 Å². The molecule has 1 spiro atoms. The second-order valence-corrected chi connectivity index (χ2v) is 8.23. The Labute approximate surface area is 178 Å². The highest BCUT2D eigenvalue weighted by atomic mass is 19.4. The number of aliphatic carboxylic acids is 1. The maximum Gasteiger partial charge on any atom is 0.417 e. The first-order valence-corrected chi connectivity index (χ1v) is 10.3. The van der Waals surface area contributed by atoms with Crippen LogP contribution in [-0.2, 0) is 10.2 Å². The lowest BCUT2D eigenvalue weighted by Gasteiger charge is -2.38. The van der Waals surface area contributed by atoms with Gasteiger partial charge in [0.2, 0.25) is 0 Å². The number of ether oxygens (including phenoxy) is 1. The molecule has 7 heteroatoms. The highest BCUT2D eigenvalue weighted by Gasteiger charge is 2.43. The van der Waals surface area contributed by atoms with Gasteiger partial charge in [-0.3, -0.25) is 4.79 Å². The van der Waals surface area contributed by atoms with Crippen LogP contribution in [0.25, 0.3) is 11.6 Å². The van der Waals surface area contributed by atoms with Gasteiger partial charge in [-0.25, -0.2) is 0 Å². The van der Waals surface area contributed by atoms with E-state index in [1.165, 1.54) is 18.2 Å². The van der Waals surface area contributed by atoms with Crippen LogP contribution in [0.15, 0.2) is 48.5 Å². The molecular weight excluding hydrogens is 407 g/mol. The summed E-state index contributed by atoms with van der Waals surface area (Å²) in [6.45, 7) is 2.60. The van der Waals surface area contributed by atoms with Gasteiger partial charge in [0, 0.05) is 17.5 Å². The summed E-state index contributed by atoms with van der Waals surface area (Å²) in [5.74, 6) is -0.161. The van der Waals surface area contributed by atoms with Gasteiger partial charge < -0.3 is 14.7 Å². The smallest absolute Gasteiger partial charge is 0.417 e. The molecule has 2 aromatic rings. The average Bonchev–Trinajstić information content (AvgIpc) is 3.09. The monoisotopic (exact) mass is 431 g/mol. The van der Waals surface area contributed by atoms with Gasteiger partial charge in [-0.1, -0.05) is 42.5 Å². The van der Waals surface area contributed by atoms with E-state index in [-0.39, 0.29) is 17.4 Å². The van der Waals surface area contributed by atoms with Gasteiger partial charge in [-0.05, 0) is 49.2 Å². The van der Waals surface area contributed by atoms with E-state index in [0.29, 0.717) is 24.5 Å². The Morgan fingerprint density at radius 3 is 2.48 bits per heavy atom. The molecule has 1 saturated heterocycles. The first-order valence-electron chi connectivity index (χ1n) is 10.3. The van der Waals surface area contributed by atoms with Gasteiger partial charge in [-0.15, -0.1) is 0 Å². The van der Waals surface area contributed by atoms with Crippen LogP contribution in [0.4, 0.5) is 13.2 Å². The van der Waals surface area contributed by atoms with Gasteiger partial charge in [0.1, 0.15) is 5.75 Å². The minimum atomic E-state index is -4.47. The molecule has 0 amide bonds. The number of alkyl halides is 3. The number of carbonyl (C=O) groups is 1. The van der Waals surface area contributed by atoms with Gasteiger partial charge in [0.05, 0.1) is 18.6 Å². The summed E-state index contributed by atoms with van der Waals surface area (Å²) in [6.07, 6.45) is -1.50. The van der Waals surface area contributed by atoms with E-state index in [0.717, 1.165) is 31.5 Å². The third-order valence-electron chi connectivity index (χ3n) is 6.24. The predicted octanol–water partition coefficient (Wildman–Crippen LogP) is 4.99. The van der Waals surface area contributed by atoms with Crippen LogP contribution in [0.5, 0.6) is 5.75 Å². The van der Waals surface area contributed by atoms with E-state index in [9.17, 15) is 18.0 Å². The van der Waals surface area contributed by atoms with Crippen molar-refractivity contribution in [3.05, 3.63) is 65.2 Å². The van der Waals surface area contributed by atoms with Gasteiger partial charge in [-0.2, -0.15) is 13.2 Å². The number of rotatable bonds is 5. The fraction of sp³-hybridized carbons (Fsp3) is 0.375. The van der Waals surface area contributed by atoms with Crippen molar-refractivity contribution in [1.29, 1.82) is 0 Å². The van der Waals surface area contributed by atoms with Crippen molar-refractivity contribution in [3.63, 3.8) is 0 Å². The molecule has 0 aromatic heterocycles. The Morgan fingerprint density at radius 1 is 1.13 bits per heavy atom. The lowest BCUT2D eigenvalue weighted by Crippen LogP contribution is -2.44. The van der Waals surface area contributed by atoms with Crippen LogP contribution in [0, 0.1) is 0 Å². The predicted molar refractivity (Wildman–Crippen MR) is 112 cm³/mol. The zero-order chi connectivity index (χ0) is 22.1. The third-order valence-corrected chi connectivity index (χ3v) is 6.24. The Balaban J connectivity index is 1.55. The number of hydrogen-bond donors (Lipinski definition) is 1. The highest BCUT2D eigenvalue weighted by Crippen LogP contribution is 2.46. The Kier molecular flexibility index (Phi) is 5.79. The van der Waals surface area contributed by atoms with Crippen molar-refractivity contribution >= 4 is 17.6 Å². The van der Waals surface area contributed by atoms with Crippen molar-refractivity contribution in [3.8, 4) is 5.75 Å². The molecule has 4 nitrogen and oxygen atoms in total. The molecule has 0 atom stereocenters. The number of benzene rings is 2. The average molecular weight is 431 g/mol. The standard InChI is InChI=1S/C24H24F3NO3/c25-24(26,27)20(18-4-2-1-3-5-18)14-17-6-7-19-21(15-17)31-16-23(19)9-12-28(13-10-23)11-8-22(29)30/h1-7,14-15H,8-13,16H2,(H,29,30). The molecule has 2 aliphatic rings. The molecule has 31 heavy (non-hydrogen) atoms. The summed E-state index contributed by atoms with van der Waals surface area (Å²) in [7, 11) is 0. The second-order valence-electron chi connectivity index (χ2n) is 8.23. The summed E-state index contributed by atoms with van der Waals surface area (Å²) in [6, 6.07) is 13.1. The number of fused-ring (bicyclic) bond motifs is 2. The molecule has 0 radical (unpaired) electrons. The lowest BCUT2D eigenvalue weighted by atomic mass is 9.74. The summed E-state index contributed by atoms with van der Waals surface area (Å²) in [4.78, 5) is 12.9. The van der Waals surface area contributed by atoms with E-state index in [1.807, 2.05) is 6.07 Å². The van der Waals surface area contributed by atoms with E-state index in [1.54, 1.807) is 30.3 Å². The number of likely N-dealkylation sites (tertiary alicyclic amines) is 1. The van der Waals surface area contributed by atoms with Crippen LogP contribution in [0.2, 0.25) is 0 Å². The highest BCUT2D eigenvalue weighted by molar-refractivity contribution is 5.84. The Morgan fingerprint density at radius 2 is 1.84 bits per heavy atom. The molecule has 1 N–H and O–H groups in total. The molecule has 4 rings (SSSR count). The van der Waals surface area contributed by atoms with Crippen molar-refractivity contribution in [1.82, 2.24) is 4.90 Å². The zero-order valence-electron chi connectivity index (χ0n) is 17.0. The lowest BCUT2D eigenvalue weighted by molar-refractivity contribution is -0.137. The Bertz CT molecular complexity index is 977. The molecule has 0 saturated carbocycles. The number of allylic oxidation sites excluding steroid dienone is 1. The van der Waals surface area contributed by atoms with E-state index in [2.05, 4.69) is 4.90 Å². The third kappa shape index (κ3) is 4.61. The normalized spacial score (nSPS) is 18.6. The van der Waals surface area contributed by atoms with E-state index < -0.39 is 17.7 Å². The number of carboxylic acid groups (broad SMARTS) is 1. The molecule has 0 aliphatic carbocycles. The van der Waals surface area contributed by atoms with E-state index in [4.69, 9.17) is 9.84 Å². The summed E-state index contributed by atoms with van der Waals surface area (Å²) in [5.41, 5.74) is 0.777. The van der Waals surface area contributed by atoms with E-state index >= 15 is 0 Å². The minimum Gasteiger partial charge on any atom is -0.492 e. The second kappa shape index (κ2) is 8.38. The van der Waals surface area contributed by atoms with Crippen LogP contribution >= 0.6 is 0 Å². The number of piperidine rings is 1. The number of hydrogen-bond acceptors (Lipinski definition) is 3. The molecule has 2 aromatic carbocycles. The molecule has 2 heterocycles. The maximum atomic E-state index is 13.7. The summed E-state index contributed by atoms with van der Waals surface area (Å²) < 4.78 is 46.9. The molecule has 164 valence electrons. The molecule has 0 unspecified atom stereocenters. The molecular formula is C24H24F3NO3. The van der Waals surface area contributed by atoms with Crippen LogP contribution in [-0.4, -0.2) is 48.4 Å². The van der Waals surface area contributed by atoms with Crippen LogP contribution < -0.4 is 4.74 Å². The zero-order valence-corrected chi connectivity index (χ0v) is 17.0. The number of carboxylic acids is 1. The topological polar surface area (TPSA) is 49.8 Å². The van der Waals surface area contributed by atoms with Crippen LogP contribution in [0.1, 0.15) is 36.0 Å². The van der Waals surface area contributed by atoms with Crippen molar-refractivity contribution < 1.29 is 27.8 Å². The molecule has 2 aliphatic heterocycles. The fourth-order valence-electron chi connectivity index (χ4n) is 4.47. The van der Waals surface area contributed by atoms with Crippen molar-refractivity contribution in [2.45, 2.75) is 30.9 Å². The molecule has 1 fully saturated rings. The number of nitrogens with zero attached hydrogens (tertiary/aromatic N) is 1. The summed E-state index contributed by atoms with van der Waals surface area (Å²) in [5, 5.41) is 8.87.